The Morgan fingerprint density at radius 2 is 2.28 bits per heavy atom. The molecule has 0 aliphatic heterocycles. The van der Waals surface area contributed by atoms with Gasteiger partial charge in [0, 0.05) is 25.4 Å². The molecule has 1 aromatic heterocycles. The third-order valence-electron chi connectivity index (χ3n) is 2.74. The van der Waals surface area contributed by atoms with Gasteiger partial charge in [0.1, 0.15) is 5.82 Å². The van der Waals surface area contributed by atoms with Gasteiger partial charge >= 0.3 is 0 Å². The van der Waals surface area contributed by atoms with E-state index in [9.17, 15) is 5.11 Å². The van der Waals surface area contributed by atoms with E-state index in [4.69, 9.17) is 22.1 Å². The fourth-order valence-electron chi connectivity index (χ4n) is 1.65. The molecule has 18 heavy (non-hydrogen) atoms. The van der Waals surface area contributed by atoms with Crippen molar-refractivity contribution in [2.75, 3.05) is 32.5 Å². The summed E-state index contributed by atoms with van der Waals surface area (Å²) in [7, 11) is 1.65. The molecule has 102 valence electrons. The highest BCUT2D eigenvalue weighted by Gasteiger charge is 2.25. The number of aliphatic hydroxyl groups is 1. The standard InChI is InChI=1S/C12H20ClN3O2/c1-12(17,3-4-15-5-6-18-2)10-7-9(13)8-16-11(10)14/h7-8,15,17H,3-6H2,1-2H3,(H2,14,16). The van der Waals surface area contributed by atoms with Crippen LogP contribution in [0.1, 0.15) is 18.9 Å². The van der Waals surface area contributed by atoms with Gasteiger partial charge in [-0.25, -0.2) is 4.98 Å². The number of nitrogen functional groups attached to an aromatic ring is 1. The lowest BCUT2D eigenvalue weighted by Gasteiger charge is -2.25. The summed E-state index contributed by atoms with van der Waals surface area (Å²) in [6.07, 6.45) is 1.98. The minimum Gasteiger partial charge on any atom is -0.385 e. The van der Waals surface area contributed by atoms with Crippen LogP contribution in [0.25, 0.3) is 0 Å². The number of nitrogens with one attached hydrogen (secondary N) is 1. The van der Waals surface area contributed by atoms with E-state index in [-0.39, 0.29) is 0 Å². The van der Waals surface area contributed by atoms with Gasteiger partial charge in [0.25, 0.3) is 0 Å². The lowest BCUT2D eigenvalue weighted by Crippen LogP contribution is -2.30. The van der Waals surface area contributed by atoms with Crippen molar-refractivity contribution in [3.63, 3.8) is 0 Å². The number of methoxy groups -OCH3 is 1. The number of ether oxygens (including phenoxy) is 1. The van der Waals surface area contributed by atoms with Crippen molar-refractivity contribution in [2.24, 2.45) is 0 Å². The molecule has 4 N–H and O–H groups in total. The normalized spacial score (nSPS) is 14.4. The molecule has 0 spiro atoms. The SMILES string of the molecule is COCCNCCC(C)(O)c1cc(Cl)cnc1N. The van der Waals surface area contributed by atoms with Gasteiger partial charge in [-0.05, 0) is 26.0 Å². The quantitative estimate of drug-likeness (QED) is 0.650. The Bertz CT molecular complexity index is 386. The number of hydrogen-bond donors (Lipinski definition) is 3. The first-order valence-electron chi connectivity index (χ1n) is 5.81. The molecule has 0 saturated heterocycles. The number of nitrogens with zero attached hydrogens (tertiary/aromatic N) is 1. The van der Waals surface area contributed by atoms with Crippen molar-refractivity contribution >= 4 is 17.4 Å². The molecule has 1 atom stereocenters. The summed E-state index contributed by atoms with van der Waals surface area (Å²) in [4.78, 5) is 3.95. The highest BCUT2D eigenvalue weighted by Crippen LogP contribution is 2.29. The van der Waals surface area contributed by atoms with Crippen molar-refractivity contribution in [1.82, 2.24) is 10.3 Å². The number of anilines is 1. The van der Waals surface area contributed by atoms with E-state index in [1.54, 1.807) is 20.1 Å². The molecule has 0 amide bonds. The second-order valence-electron chi connectivity index (χ2n) is 4.35. The van der Waals surface area contributed by atoms with Crippen LogP contribution in [0.2, 0.25) is 5.02 Å². The van der Waals surface area contributed by atoms with Crippen molar-refractivity contribution in [2.45, 2.75) is 18.9 Å². The van der Waals surface area contributed by atoms with Gasteiger partial charge in [-0.2, -0.15) is 0 Å². The first-order valence-corrected chi connectivity index (χ1v) is 6.18. The average Bonchev–Trinajstić information content (AvgIpc) is 2.32. The van der Waals surface area contributed by atoms with Crippen LogP contribution < -0.4 is 11.1 Å². The molecule has 0 fully saturated rings. The summed E-state index contributed by atoms with van der Waals surface area (Å²) in [5, 5.41) is 14.0. The van der Waals surface area contributed by atoms with Gasteiger partial charge in [-0.15, -0.1) is 0 Å². The zero-order chi connectivity index (χ0) is 13.6. The minimum atomic E-state index is -1.05. The molecule has 0 radical (unpaired) electrons. The Kier molecular flexibility index (Phi) is 5.81. The van der Waals surface area contributed by atoms with Gasteiger partial charge < -0.3 is 20.9 Å². The van der Waals surface area contributed by atoms with E-state index in [1.807, 2.05) is 0 Å². The lowest BCUT2D eigenvalue weighted by molar-refractivity contribution is 0.0480. The Hall–Kier alpha value is -0.880. The summed E-state index contributed by atoms with van der Waals surface area (Å²) < 4.78 is 4.92. The van der Waals surface area contributed by atoms with E-state index >= 15 is 0 Å². The van der Waals surface area contributed by atoms with Gasteiger partial charge in [0.2, 0.25) is 0 Å². The molecule has 5 nitrogen and oxygen atoms in total. The topological polar surface area (TPSA) is 80.4 Å². The third-order valence-corrected chi connectivity index (χ3v) is 2.94. The maximum absolute atomic E-state index is 10.4. The zero-order valence-corrected chi connectivity index (χ0v) is 11.5. The molecule has 0 saturated carbocycles. The van der Waals surface area contributed by atoms with E-state index in [0.717, 1.165) is 6.54 Å². The fraction of sp³-hybridized carbons (Fsp3) is 0.583. The zero-order valence-electron chi connectivity index (χ0n) is 10.7. The Morgan fingerprint density at radius 3 is 2.94 bits per heavy atom. The van der Waals surface area contributed by atoms with Gasteiger partial charge in [0.05, 0.1) is 17.2 Å². The van der Waals surface area contributed by atoms with E-state index in [0.29, 0.717) is 36.0 Å². The van der Waals surface area contributed by atoms with Crippen molar-refractivity contribution in [3.8, 4) is 0 Å². The Balaban J connectivity index is 2.59. The summed E-state index contributed by atoms with van der Waals surface area (Å²) in [5.74, 6) is 0.307. The molecular weight excluding hydrogens is 254 g/mol. The summed E-state index contributed by atoms with van der Waals surface area (Å²) >= 11 is 5.86. The van der Waals surface area contributed by atoms with E-state index in [1.165, 1.54) is 6.20 Å². The van der Waals surface area contributed by atoms with Crippen molar-refractivity contribution < 1.29 is 9.84 Å². The van der Waals surface area contributed by atoms with Crippen LogP contribution in [0, 0.1) is 0 Å². The van der Waals surface area contributed by atoms with Crippen molar-refractivity contribution in [3.05, 3.63) is 22.8 Å². The van der Waals surface area contributed by atoms with Crippen LogP contribution in [0.4, 0.5) is 5.82 Å². The second-order valence-corrected chi connectivity index (χ2v) is 4.79. The molecule has 1 unspecified atom stereocenters. The molecule has 1 aromatic rings. The number of pyridine rings is 1. The Labute approximate surface area is 112 Å². The van der Waals surface area contributed by atoms with Crippen LogP contribution in [-0.4, -0.2) is 36.9 Å². The van der Waals surface area contributed by atoms with Crippen LogP contribution in [0.15, 0.2) is 12.3 Å². The summed E-state index contributed by atoms with van der Waals surface area (Å²) in [6.45, 7) is 3.75. The molecular formula is C12H20ClN3O2. The number of rotatable bonds is 7. The van der Waals surface area contributed by atoms with E-state index < -0.39 is 5.60 Å². The largest absolute Gasteiger partial charge is 0.385 e. The van der Waals surface area contributed by atoms with Gasteiger partial charge in [-0.1, -0.05) is 11.6 Å². The molecule has 1 heterocycles. The predicted molar refractivity (Wildman–Crippen MR) is 72.6 cm³/mol. The van der Waals surface area contributed by atoms with Crippen molar-refractivity contribution in [1.29, 1.82) is 0 Å². The molecule has 6 heteroatoms. The highest BCUT2D eigenvalue weighted by molar-refractivity contribution is 6.30. The summed E-state index contributed by atoms with van der Waals surface area (Å²) in [6, 6.07) is 1.65. The average molecular weight is 274 g/mol. The first-order chi connectivity index (χ1) is 8.47. The lowest BCUT2D eigenvalue weighted by atomic mass is 9.93. The minimum absolute atomic E-state index is 0.307. The molecule has 0 aliphatic carbocycles. The molecule has 0 bridgehead atoms. The van der Waals surface area contributed by atoms with Crippen LogP contribution in [-0.2, 0) is 10.3 Å². The number of nitrogens with two attached hydrogens (primary N) is 1. The van der Waals surface area contributed by atoms with Gasteiger partial charge in [0.15, 0.2) is 0 Å². The molecule has 0 aromatic carbocycles. The maximum Gasteiger partial charge on any atom is 0.129 e. The van der Waals surface area contributed by atoms with Crippen LogP contribution in [0.5, 0.6) is 0 Å². The fourth-order valence-corrected chi connectivity index (χ4v) is 1.80. The van der Waals surface area contributed by atoms with Gasteiger partial charge in [-0.3, -0.25) is 0 Å². The third kappa shape index (κ3) is 4.42. The number of halogens is 1. The second kappa shape index (κ2) is 6.89. The van der Waals surface area contributed by atoms with E-state index in [2.05, 4.69) is 10.3 Å². The Morgan fingerprint density at radius 1 is 1.56 bits per heavy atom. The number of hydrogen-bond acceptors (Lipinski definition) is 5. The smallest absolute Gasteiger partial charge is 0.129 e. The first kappa shape index (κ1) is 15.2. The predicted octanol–water partition coefficient (Wildman–Crippen LogP) is 1.15. The van der Waals surface area contributed by atoms with Crippen LogP contribution >= 0.6 is 11.6 Å². The number of aromatic nitrogens is 1. The monoisotopic (exact) mass is 273 g/mol. The molecule has 0 aliphatic rings. The molecule has 1 rings (SSSR count). The maximum atomic E-state index is 10.4. The highest BCUT2D eigenvalue weighted by atomic mass is 35.5. The van der Waals surface area contributed by atoms with Crippen LogP contribution in [0.3, 0.4) is 0 Å². The summed E-state index contributed by atoms with van der Waals surface area (Å²) in [5.41, 5.74) is 5.26.